The summed E-state index contributed by atoms with van der Waals surface area (Å²) in [5, 5.41) is 8.91. The Balaban J connectivity index is 2.35. The second-order valence-electron chi connectivity index (χ2n) is 3.81. The second-order valence-corrected chi connectivity index (χ2v) is 3.81. The van der Waals surface area contributed by atoms with Gasteiger partial charge in [0.1, 0.15) is 6.07 Å². The third kappa shape index (κ3) is 1.25. The number of nitrogens with two attached hydrogens (primary N) is 1. The van der Waals surface area contributed by atoms with Crippen LogP contribution in [-0.4, -0.2) is 5.97 Å². The number of rotatable bonds is 0. The van der Waals surface area contributed by atoms with Crippen molar-refractivity contribution in [1.82, 2.24) is 0 Å². The molecule has 0 aromatic carbocycles. The molecule has 4 nitrogen and oxygen atoms in total. The zero-order valence-corrected chi connectivity index (χ0v) is 7.82. The summed E-state index contributed by atoms with van der Waals surface area (Å²) in [6.07, 6.45) is 3.80. The molecule has 1 aliphatic heterocycles. The van der Waals surface area contributed by atoms with E-state index in [-0.39, 0.29) is 23.7 Å². The molecule has 4 heteroatoms. The zero-order chi connectivity index (χ0) is 10.1. The summed E-state index contributed by atoms with van der Waals surface area (Å²) in [5.74, 6) is -0.368. The lowest BCUT2D eigenvalue weighted by molar-refractivity contribution is -0.149. The molecular weight excluding hydrogens is 180 g/mol. The Kier molecular flexibility index (Phi) is 2.16. The molecular formula is C10H12N2O2. The molecule has 2 atom stereocenters. The first-order valence-electron chi connectivity index (χ1n) is 4.85. The molecule has 0 radical (unpaired) electrons. The van der Waals surface area contributed by atoms with Gasteiger partial charge in [0.2, 0.25) is 5.88 Å². The SMILES string of the molecule is N#CC1=C(N)OC(=O)C2CCCCC12. The van der Waals surface area contributed by atoms with Gasteiger partial charge in [-0.05, 0) is 12.8 Å². The van der Waals surface area contributed by atoms with Gasteiger partial charge in [0, 0.05) is 5.92 Å². The van der Waals surface area contributed by atoms with E-state index in [4.69, 9.17) is 15.7 Å². The smallest absolute Gasteiger partial charge is 0.316 e. The van der Waals surface area contributed by atoms with Gasteiger partial charge in [0.25, 0.3) is 0 Å². The predicted octanol–water partition coefficient (Wildman–Crippen LogP) is 1.04. The lowest BCUT2D eigenvalue weighted by Gasteiger charge is -2.33. The molecule has 0 spiro atoms. The van der Waals surface area contributed by atoms with Gasteiger partial charge < -0.3 is 10.5 Å². The van der Waals surface area contributed by atoms with Gasteiger partial charge in [-0.15, -0.1) is 0 Å². The summed E-state index contributed by atoms with van der Waals surface area (Å²) in [6.45, 7) is 0. The maximum atomic E-state index is 11.5. The van der Waals surface area contributed by atoms with E-state index in [0.717, 1.165) is 25.7 Å². The Hall–Kier alpha value is -1.50. The van der Waals surface area contributed by atoms with Gasteiger partial charge in [0.05, 0.1) is 11.5 Å². The van der Waals surface area contributed by atoms with Crippen molar-refractivity contribution in [3.05, 3.63) is 11.5 Å². The topological polar surface area (TPSA) is 76.1 Å². The first-order chi connectivity index (χ1) is 6.74. The largest absolute Gasteiger partial charge is 0.409 e. The quantitative estimate of drug-likeness (QED) is 0.582. The highest BCUT2D eigenvalue weighted by molar-refractivity contribution is 5.76. The summed E-state index contributed by atoms with van der Waals surface area (Å²) in [5.41, 5.74) is 5.97. The Morgan fingerprint density at radius 3 is 2.64 bits per heavy atom. The highest BCUT2D eigenvalue weighted by Crippen LogP contribution is 2.39. The molecule has 1 aliphatic carbocycles. The normalized spacial score (nSPS) is 31.8. The van der Waals surface area contributed by atoms with E-state index in [1.165, 1.54) is 0 Å². The molecule has 1 fully saturated rings. The number of nitrogens with zero attached hydrogens (tertiary/aromatic N) is 1. The summed E-state index contributed by atoms with van der Waals surface area (Å²) in [7, 11) is 0. The number of cyclic esters (lactones) is 1. The summed E-state index contributed by atoms with van der Waals surface area (Å²) in [4.78, 5) is 11.5. The second kappa shape index (κ2) is 3.33. The molecule has 0 aromatic rings. The van der Waals surface area contributed by atoms with Crippen molar-refractivity contribution in [1.29, 1.82) is 5.26 Å². The van der Waals surface area contributed by atoms with Crippen LogP contribution in [0.4, 0.5) is 0 Å². The van der Waals surface area contributed by atoms with Crippen LogP contribution in [0.5, 0.6) is 0 Å². The van der Waals surface area contributed by atoms with E-state index in [0.29, 0.717) is 5.57 Å². The Morgan fingerprint density at radius 1 is 1.36 bits per heavy atom. The fraction of sp³-hybridized carbons (Fsp3) is 0.600. The number of ether oxygens (including phenoxy) is 1. The standard InChI is InChI=1S/C10H12N2O2/c11-5-8-6-3-1-2-4-7(6)10(13)14-9(8)12/h6-7H,1-4,12H2. The van der Waals surface area contributed by atoms with Crippen molar-refractivity contribution in [2.75, 3.05) is 0 Å². The molecule has 2 aliphatic rings. The van der Waals surface area contributed by atoms with Crippen molar-refractivity contribution in [2.45, 2.75) is 25.7 Å². The Morgan fingerprint density at radius 2 is 2.00 bits per heavy atom. The molecule has 14 heavy (non-hydrogen) atoms. The van der Waals surface area contributed by atoms with Crippen LogP contribution in [0.2, 0.25) is 0 Å². The number of hydrogen-bond donors (Lipinski definition) is 1. The summed E-state index contributed by atoms with van der Waals surface area (Å²) < 4.78 is 4.86. The summed E-state index contributed by atoms with van der Waals surface area (Å²) in [6, 6.07) is 2.05. The number of hydrogen-bond acceptors (Lipinski definition) is 4. The first-order valence-corrected chi connectivity index (χ1v) is 4.85. The minimum atomic E-state index is -0.258. The van der Waals surface area contributed by atoms with E-state index in [1.54, 1.807) is 0 Å². The van der Waals surface area contributed by atoms with Crippen LogP contribution in [0, 0.1) is 23.2 Å². The average Bonchev–Trinajstić information content (AvgIpc) is 2.18. The molecule has 0 aromatic heterocycles. The fourth-order valence-corrected chi connectivity index (χ4v) is 2.32. The van der Waals surface area contributed by atoms with E-state index >= 15 is 0 Å². The Bertz CT molecular complexity index is 341. The number of nitriles is 1. The molecule has 1 saturated carbocycles. The zero-order valence-electron chi connectivity index (χ0n) is 7.82. The van der Waals surface area contributed by atoms with Gasteiger partial charge in [-0.25, -0.2) is 0 Å². The number of carbonyl (C=O) groups excluding carboxylic acids is 1. The van der Waals surface area contributed by atoms with Crippen LogP contribution < -0.4 is 5.73 Å². The van der Waals surface area contributed by atoms with Gasteiger partial charge in [0.15, 0.2) is 0 Å². The lowest BCUT2D eigenvalue weighted by Crippen LogP contribution is -2.36. The van der Waals surface area contributed by atoms with Crippen LogP contribution in [0.15, 0.2) is 11.5 Å². The van der Waals surface area contributed by atoms with Crippen molar-refractivity contribution in [2.24, 2.45) is 17.6 Å². The van der Waals surface area contributed by atoms with E-state index in [9.17, 15) is 4.79 Å². The van der Waals surface area contributed by atoms with Crippen molar-refractivity contribution < 1.29 is 9.53 Å². The van der Waals surface area contributed by atoms with Gasteiger partial charge in [-0.1, -0.05) is 12.8 Å². The molecule has 0 amide bonds. The molecule has 2 N–H and O–H groups in total. The molecule has 74 valence electrons. The van der Waals surface area contributed by atoms with Crippen molar-refractivity contribution >= 4 is 5.97 Å². The number of carbonyl (C=O) groups is 1. The van der Waals surface area contributed by atoms with Crippen molar-refractivity contribution in [3.8, 4) is 6.07 Å². The van der Waals surface area contributed by atoms with Crippen LogP contribution in [-0.2, 0) is 9.53 Å². The van der Waals surface area contributed by atoms with Crippen molar-refractivity contribution in [3.63, 3.8) is 0 Å². The minimum Gasteiger partial charge on any atom is -0.409 e. The number of esters is 1. The van der Waals surface area contributed by atoms with Gasteiger partial charge in [-0.2, -0.15) is 5.26 Å². The van der Waals surface area contributed by atoms with Gasteiger partial charge in [-0.3, -0.25) is 4.79 Å². The van der Waals surface area contributed by atoms with Crippen LogP contribution in [0.1, 0.15) is 25.7 Å². The van der Waals surface area contributed by atoms with Crippen LogP contribution in [0.25, 0.3) is 0 Å². The summed E-state index contributed by atoms with van der Waals surface area (Å²) >= 11 is 0. The average molecular weight is 192 g/mol. The van der Waals surface area contributed by atoms with E-state index in [1.807, 2.05) is 0 Å². The highest BCUT2D eigenvalue weighted by atomic mass is 16.5. The lowest BCUT2D eigenvalue weighted by atomic mass is 9.74. The van der Waals surface area contributed by atoms with Crippen LogP contribution >= 0.6 is 0 Å². The molecule has 2 unspecified atom stereocenters. The number of fused-ring (bicyclic) bond motifs is 1. The monoisotopic (exact) mass is 192 g/mol. The maximum Gasteiger partial charge on any atom is 0.316 e. The van der Waals surface area contributed by atoms with E-state index in [2.05, 4.69) is 6.07 Å². The predicted molar refractivity (Wildman–Crippen MR) is 48.4 cm³/mol. The van der Waals surface area contributed by atoms with Gasteiger partial charge >= 0.3 is 5.97 Å². The minimum absolute atomic E-state index is 0.00926. The third-order valence-corrected chi connectivity index (χ3v) is 3.04. The van der Waals surface area contributed by atoms with E-state index < -0.39 is 0 Å². The molecule has 0 bridgehead atoms. The van der Waals surface area contributed by atoms with Crippen LogP contribution in [0.3, 0.4) is 0 Å². The highest BCUT2D eigenvalue weighted by Gasteiger charge is 2.40. The maximum absolute atomic E-state index is 11.5. The number of allylic oxidation sites excluding steroid dienone is 1. The fourth-order valence-electron chi connectivity index (χ4n) is 2.32. The Labute approximate surface area is 82.3 Å². The molecule has 1 heterocycles. The molecule has 0 saturated heterocycles. The third-order valence-electron chi connectivity index (χ3n) is 3.04. The first kappa shape index (κ1) is 9.07. The molecule has 2 rings (SSSR count).